The van der Waals surface area contributed by atoms with E-state index in [4.69, 9.17) is 4.74 Å². The molecule has 1 aliphatic rings. The number of piperidine rings is 1. The first-order valence-electron chi connectivity index (χ1n) is 11.3. The van der Waals surface area contributed by atoms with Crippen LogP contribution in [0.15, 0.2) is 18.2 Å². The van der Waals surface area contributed by atoms with Crippen molar-refractivity contribution >= 4 is 27.6 Å². The number of nitrogens with zero attached hydrogens (tertiary/aromatic N) is 5. The molecule has 34 heavy (non-hydrogen) atoms. The Labute approximate surface area is 201 Å². The summed E-state index contributed by atoms with van der Waals surface area (Å²) in [4.78, 5) is 18.1. The fourth-order valence-corrected chi connectivity index (χ4v) is 5.12. The average Bonchev–Trinajstić information content (AvgIpc) is 3.20. The number of likely N-dealkylation sites (tertiary alicyclic amines) is 1. The van der Waals surface area contributed by atoms with Crippen LogP contribution in [0, 0.1) is 12.8 Å². The molecule has 11 nitrogen and oxygen atoms in total. The number of carbonyl (C=O) groups excluding carboxylic acids is 1. The summed E-state index contributed by atoms with van der Waals surface area (Å²) >= 11 is 0. The zero-order valence-corrected chi connectivity index (χ0v) is 21.5. The van der Waals surface area contributed by atoms with E-state index in [2.05, 4.69) is 25.6 Å². The van der Waals surface area contributed by atoms with Crippen LogP contribution in [0.25, 0.3) is 0 Å². The smallest absolute Gasteiger partial charge is 0.322 e. The molecule has 0 saturated carbocycles. The number of nitrogens with one attached hydrogen (secondary N) is 2. The predicted octanol–water partition coefficient (Wildman–Crippen LogP) is 2.09. The number of anilines is 2. The number of hydrogen-bond acceptors (Lipinski definition) is 8. The van der Waals surface area contributed by atoms with E-state index in [1.165, 1.54) is 21.0 Å². The van der Waals surface area contributed by atoms with E-state index in [-0.39, 0.29) is 17.8 Å². The molecule has 1 saturated heterocycles. The van der Waals surface area contributed by atoms with E-state index in [0.717, 1.165) is 52.2 Å². The quantitative estimate of drug-likeness (QED) is 0.545. The van der Waals surface area contributed by atoms with Crippen molar-refractivity contribution in [3.8, 4) is 5.88 Å². The van der Waals surface area contributed by atoms with Crippen LogP contribution in [0.1, 0.15) is 44.1 Å². The van der Waals surface area contributed by atoms with Crippen molar-refractivity contribution in [3.05, 3.63) is 29.6 Å². The Hall–Kier alpha value is -2.70. The Balaban J connectivity index is 1.76. The van der Waals surface area contributed by atoms with Gasteiger partial charge in [0.1, 0.15) is 0 Å². The van der Waals surface area contributed by atoms with Crippen LogP contribution in [-0.4, -0.2) is 78.5 Å². The number of amides is 1. The summed E-state index contributed by atoms with van der Waals surface area (Å²) in [6.45, 7) is 7.70. The van der Waals surface area contributed by atoms with Gasteiger partial charge in [-0.3, -0.25) is 9.69 Å². The molecular weight excluding hydrogens is 458 g/mol. The Kier molecular flexibility index (Phi) is 8.16. The molecule has 3 rings (SSSR count). The third-order valence-corrected chi connectivity index (χ3v) is 7.60. The zero-order valence-electron chi connectivity index (χ0n) is 20.7. The highest BCUT2D eigenvalue weighted by molar-refractivity contribution is 7.87. The minimum absolute atomic E-state index is 0.212. The molecule has 2 unspecified atom stereocenters. The summed E-state index contributed by atoms with van der Waals surface area (Å²) < 4.78 is 33.2. The summed E-state index contributed by atoms with van der Waals surface area (Å²) in [5, 5.41) is 10.3. The van der Waals surface area contributed by atoms with Gasteiger partial charge in [0.05, 0.1) is 18.8 Å². The summed E-state index contributed by atoms with van der Waals surface area (Å²) in [7, 11) is 0.676. The van der Waals surface area contributed by atoms with E-state index in [1.54, 1.807) is 13.2 Å². The number of aryl methyl sites for hydroxylation is 1. The maximum Gasteiger partial charge on any atom is 0.322 e. The number of ether oxygens (including phenoxy) is 1. The molecule has 0 radical (unpaired) electrons. The van der Waals surface area contributed by atoms with Crippen LogP contribution in [0.5, 0.6) is 5.88 Å². The van der Waals surface area contributed by atoms with Gasteiger partial charge in [0.2, 0.25) is 11.8 Å². The molecule has 2 atom stereocenters. The van der Waals surface area contributed by atoms with Crippen LogP contribution in [0.4, 0.5) is 11.5 Å². The minimum Gasteiger partial charge on any atom is -0.481 e. The van der Waals surface area contributed by atoms with E-state index < -0.39 is 10.2 Å². The van der Waals surface area contributed by atoms with Gasteiger partial charge >= 0.3 is 10.2 Å². The molecule has 0 bridgehead atoms. The lowest BCUT2D eigenvalue weighted by Crippen LogP contribution is -2.41. The third-order valence-electron chi connectivity index (χ3n) is 5.95. The Bertz CT molecular complexity index is 1120. The first-order chi connectivity index (χ1) is 16.0. The second kappa shape index (κ2) is 10.7. The number of hydrogen-bond donors (Lipinski definition) is 2. The number of rotatable bonds is 9. The van der Waals surface area contributed by atoms with E-state index in [0.29, 0.717) is 17.5 Å². The van der Waals surface area contributed by atoms with Gasteiger partial charge in [-0.05, 0) is 45.2 Å². The Morgan fingerprint density at radius 1 is 1.32 bits per heavy atom. The second-order valence-electron chi connectivity index (χ2n) is 8.87. The highest BCUT2D eigenvalue weighted by atomic mass is 32.2. The van der Waals surface area contributed by atoms with Crippen molar-refractivity contribution in [2.45, 2.75) is 39.7 Å². The number of pyridine rings is 1. The third kappa shape index (κ3) is 6.05. The largest absolute Gasteiger partial charge is 0.481 e. The van der Waals surface area contributed by atoms with Gasteiger partial charge in [-0.2, -0.15) is 12.7 Å². The van der Waals surface area contributed by atoms with Gasteiger partial charge in [-0.15, -0.1) is 9.19 Å². The fourth-order valence-electron chi connectivity index (χ4n) is 4.15. The van der Waals surface area contributed by atoms with Gasteiger partial charge < -0.3 is 15.4 Å². The second-order valence-corrected chi connectivity index (χ2v) is 10.8. The highest BCUT2D eigenvalue weighted by Crippen LogP contribution is 2.29. The fraction of sp³-hybridized carbons (Fsp3) is 0.591. The molecule has 2 N–H and O–H groups in total. The van der Waals surface area contributed by atoms with Crippen LogP contribution in [0.2, 0.25) is 0 Å². The lowest BCUT2D eigenvalue weighted by Gasteiger charge is -2.37. The van der Waals surface area contributed by atoms with E-state index >= 15 is 0 Å². The number of methoxy groups -OCH3 is 1. The van der Waals surface area contributed by atoms with Crippen molar-refractivity contribution in [2.24, 2.45) is 5.92 Å². The van der Waals surface area contributed by atoms with Crippen LogP contribution >= 0.6 is 0 Å². The van der Waals surface area contributed by atoms with Crippen molar-refractivity contribution in [2.75, 3.05) is 51.5 Å². The van der Waals surface area contributed by atoms with Crippen molar-refractivity contribution < 1.29 is 17.9 Å². The molecule has 12 heteroatoms. The maximum atomic E-state index is 12.9. The molecule has 3 heterocycles. The molecule has 188 valence electrons. The lowest BCUT2D eigenvalue weighted by atomic mass is 9.96. The Morgan fingerprint density at radius 2 is 2.06 bits per heavy atom. The molecule has 2 aromatic heterocycles. The summed E-state index contributed by atoms with van der Waals surface area (Å²) in [6.07, 6.45) is 2.08. The van der Waals surface area contributed by atoms with Crippen molar-refractivity contribution in [3.63, 3.8) is 0 Å². The molecule has 1 amide bonds. The summed E-state index contributed by atoms with van der Waals surface area (Å²) in [5.41, 5.74) is 2.36. The van der Waals surface area contributed by atoms with Crippen molar-refractivity contribution in [1.82, 2.24) is 23.4 Å². The molecule has 0 aromatic carbocycles. The van der Waals surface area contributed by atoms with Crippen LogP contribution in [-0.2, 0) is 15.0 Å². The molecule has 0 aliphatic carbocycles. The molecule has 1 aliphatic heterocycles. The summed E-state index contributed by atoms with van der Waals surface area (Å²) in [6, 6.07) is 5.29. The SMILES string of the molecule is COc1cc(NCC2CCCN(C(C)c3cc(NC(C)=O)nn3S(=O)(=O)N(C)C)C2)cc(C)n1. The predicted molar refractivity (Wildman–Crippen MR) is 131 cm³/mol. The van der Waals surface area contributed by atoms with Crippen molar-refractivity contribution in [1.29, 1.82) is 0 Å². The number of carbonyl (C=O) groups is 1. The molecule has 1 fully saturated rings. The summed E-state index contributed by atoms with van der Waals surface area (Å²) in [5.74, 6) is 0.870. The topological polar surface area (TPSA) is 122 Å². The Morgan fingerprint density at radius 3 is 2.71 bits per heavy atom. The minimum atomic E-state index is -3.85. The first-order valence-corrected chi connectivity index (χ1v) is 12.7. The van der Waals surface area contributed by atoms with Crippen LogP contribution < -0.4 is 15.4 Å². The van der Waals surface area contributed by atoms with Gasteiger partial charge in [-0.25, -0.2) is 4.98 Å². The van der Waals surface area contributed by atoms with Crippen LogP contribution in [0.3, 0.4) is 0 Å². The molecule has 2 aromatic rings. The van der Waals surface area contributed by atoms with Gasteiger partial charge in [-0.1, -0.05) is 0 Å². The standard InChI is InChI=1S/C22H35N7O4S/c1-15-10-19(11-22(24-15)33-6)23-13-18-8-7-9-28(14-18)16(2)20-12-21(25-17(3)30)26-29(20)34(31,32)27(4)5/h10-12,16,18H,7-9,13-14H2,1-6H3,(H,23,24)(H,25,26,30). The van der Waals surface area contributed by atoms with E-state index in [9.17, 15) is 13.2 Å². The van der Waals surface area contributed by atoms with E-state index in [1.807, 2.05) is 26.0 Å². The van der Waals surface area contributed by atoms with Gasteiger partial charge in [0.15, 0.2) is 5.82 Å². The normalized spacial score (nSPS) is 18.0. The zero-order chi connectivity index (χ0) is 25.0. The average molecular weight is 494 g/mol. The first kappa shape index (κ1) is 25.9. The molecule has 0 spiro atoms. The molecular formula is C22H35N7O4S. The maximum absolute atomic E-state index is 12.9. The monoisotopic (exact) mass is 493 g/mol. The van der Waals surface area contributed by atoms with Gasteiger partial charge in [0.25, 0.3) is 0 Å². The lowest BCUT2D eigenvalue weighted by molar-refractivity contribution is -0.114. The highest BCUT2D eigenvalue weighted by Gasteiger charge is 2.31. The number of aromatic nitrogens is 3. The van der Waals surface area contributed by atoms with Gasteiger partial charge in [0, 0.05) is 57.6 Å².